The number of carbonyl (C=O) groups is 1. The van der Waals surface area contributed by atoms with Gasteiger partial charge in [-0.25, -0.2) is 13.6 Å². The van der Waals surface area contributed by atoms with Crippen LogP contribution in [0.2, 0.25) is 0 Å². The number of carboxylic acid groups (broad SMARTS) is 1. The third-order valence-corrected chi connectivity index (χ3v) is 2.99. The van der Waals surface area contributed by atoms with Crippen LogP contribution >= 0.6 is 0 Å². The lowest BCUT2D eigenvalue weighted by molar-refractivity contribution is 0.0692. The van der Waals surface area contributed by atoms with Crippen molar-refractivity contribution in [1.29, 1.82) is 0 Å². The van der Waals surface area contributed by atoms with Crippen LogP contribution in [0, 0.1) is 18.6 Å². The first-order chi connectivity index (χ1) is 9.88. The molecule has 4 nitrogen and oxygen atoms in total. The molecule has 0 amide bonds. The Kier molecular flexibility index (Phi) is 4.07. The lowest BCUT2D eigenvalue weighted by Gasteiger charge is -2.11. The van der Waals surface area contributed by atoms with Crippen LogP contribution in [0.3, 0.4) is 0 Å². The van der Waals surface area contributed by atoms with Gasteiger partial charge in [-0.3, -0.25) is 0 Å². The third kappa shape index (κ3) is 3.28. The Bertz CT molecular complexity index is 702. The SMILES string of the molecule is Cc1ccc(O)c(CNc2cc(C(=O)O)c(F)cc2F)c1. The van der Waals surface area contributed by atoms with Crippen molar-refractivity contribution in [2.45, 2.75) is 13.5 Å². The summed E-state index contributed by atoms with van der Waals surface area (Å²) in [6.07, 6.45) is 0. The molecule has 2 aromatic carbocycles. The number of carboxylic acids is 1. The Labute approximate surface area is 119 Å². The number of halogens is 2. The van der Waals surface area contributed by atoms with Crippen molar-refractivity contribution in [3.63, 3.8) is 0 Å². The fourth-order valence-corrected chi connectivity index (χ4v) is 1.89. The molecular weight excluding hydrogens is 280 g/mol. The molecule has 0 spiro atoms. The highest BCUT2D eigenvalue weighted by Crippen LogP contribution is 2.23. The molecule has 2 aromatic rings. The van der Waals surface area contributed by atoms with Gasteiger partial charge >= 0.3 is 5.97 Å². The lowest BCUT2D eigenvalue weighted by atomic mass is 10.1. The van der Waals surface area contributed by atoms with Gasteiger partial charge in [-0.05, 0) is 19.1 Å². The number of hydrogen-bond acceptors (Lipinski definition) is 3. The lowest BCUT2D eigenvalue weighted by Crippen LogP contribution is -2.07. The van der Waals surface area contributed by atoms with Crippen LogP contribution in [-0.2, 0) is 6.54 Å². The highest BCUT2D eigenvalue weighted by Gasteiger charge is 2.15. The number of phenolic OH excluding ortho intramolecular Hbond substituents is 1. The van der Waals surface area contributed by atoms with Gasteiger partial charge in [0.05, 0.1) is 11.3 Å². The second kappa shape index (κ2) is 5.78. The maximum Gasteiger partial charge on any atom is 0.338 e. The van der Waals surface area contributed by atoms with Gasteiger partial charge in [-0.1, -0.05) is 17.7 Å². The van der Waals surface area contributed by atoms with E-state index in [2.05, 4.69) is 5.32 Å². The van der Waals surface area contributed by atoms with Gasteiger partial charge in [0.25, 0.3) is 0 Å². The van der Waals surface area contributed by atoms with Crippen LogP contribution in [-0.4, -0.2) is 16.2 Å². The summed E-state index contributed by atoms with van der Waals surface area (Å²) in [6, 6.07) is 6.35. The first-order valence-electron chi connectivity index (χ1n) is 6.13. The number of rotatable bonds is 4. The molecule has 0 radical (unpaired) electrons. The Hall–Kier alpha value is -2.63. The second-order valence-corrected chi connectivity index (χ2v) is 4.60. The summed E-state index contributed by atoms with van der Waals surface area (Å²) in [5.74, 6) is -3.48. The summed E-state index contributed by atoms with van der Waals surface area (Å²) in [5, 5.41) is 21.2. The topological polar surface area (TPSA) is 69.6 Å². The number of benzene rings is 2. The number of aryl methyl sites for hydroxylation is 1. The Morgan fingerprint density at radius 3 is 2.57 bits per heavy atom. The largest absolute Gasteiger partial charge is 0.508 e. The van der Waals surface area contributed by atoms with Crippen molar-refractivity contribution in [2.75, 3.05) is 5.32 Å². The molecule has 21 heavy (non-hydrogen) atoms. The normalized spacial score (nSPS) is 10.4. The van der Waals surface area contributed by atoms with Crippen molar-refractivity contribution in [2.24, 2.45) is 0 Å². The average molecular weight is 293 g/mol. The van der Waals surface area contributed by atoms with Crippen LogP contribution in [0.4, 0.5) is 14.5 Å². The minimum atomic E-state index is -1.48. The highest BCUT2D eigenvalue weighted by molar-refractivity contribution is 5.89. The van der Waals surface area contributed by atoms with Gasteiger partial charge in [0.2, 0.25) is 0 Å². The molecule has 0 aromatic heterocycles. The zero-order chi connectivity index (χ0) is 15.6. The quantitative estimate of drug-likeness (QED) is 0.809. The summed E-state index contributed by atoms with van der Waals surface area (Å²) < 4.78 is 26.9. The molecule has 2 rings (SSSR count). The molecule has 6 heteroatoms. The molecule has 0 heterocycles. The first kappa shape index (κ1) is 14.8. The van der Waals surface area contributed by atoms with Gasteiger partial charge in [0, 0.05) is 18.2 Å². The van der Waals surface area contributed by atoms with E-state index in [1.54, 1.807) is 12.1 Å². The molecule has 0 unspecified atom stereocenters. The van der Waals surface area contributed by atoms with Crippen LogP contribution in [0.25, 0.3) is 0 Å². The van der Waals surface area contributed by atoms with Crippen molar-refractivity contribution in [1.82, 2.24) is 0 Å². The number of phenols is 1. The Morgan fingerprint density at radius 1 is 1.19 bits per heavy atom. The summed E-state index contributed by atoms with van der Waals surface area (Å²) in [7, 11) is 0. The molecule has 3 N–H and O–H groups in total. The van der Waals surface area contributed by atoms with E-state index in [1.807, 2.05) is 6.92 Å². The van der Waals surface area contributed by atoms with E-state index in [9.17, 15) is 18.7 Å². The maximum absolute atomic E-state index is 13.6. The van der Waals surface area contributed by atoms with E-state index in [-0.39, 0.29) is 18.0 Å². The van der Waals surface area contributed by atoms with E-state index >= 15 is 0 Å². The number of anilines is 1. The minimum Gasteiger partial charge on any atom is -0.508 e. The van der Waals surface area contributed by atoms with Crippen molar-refractivity contribution >= 4 is 11.7 Å². The van der Waals surface area contributed by atoms with E-state index in [4.69, 9.17) is 5.11 Å². The molecule has 0 aliphatic carbocycles. The number of aromatic carboxylic acids is 1. The van der Waals surface area contributed by atoms with E-state index in [0.29, 0.717) is 11.6 Å². The summed E-state index contributed by atoms with van der Waals surface area (Å²) in [5.41, 5.74) is 0.674. The molecule has 0 aliphatic rings. The third-order valence-electron chi connectivity index (χ3n) is 2.99. The van der Waals surface area contributed by atoms with Gasteiger partial charge < -0.3 is 15.5 Å². The second-order valence-electron chi connectivity index (χ2n) is 4.60. The predicted molar refractivity (Wildman–Crippen MR) is 73.5 cm³/mol. The molecule has 110 valence electrons. The monoisotopic (exact) mass is 293 g/mol. The molecule has 0 saturated carbocycles. The van der Waals surface area contributed by atoms with Crippen LogP contribution in [0.1, 0.15) is 21.5 Å². The number of aromatic hydroxyl groups is 1. The van der Waals surface area contributed by atoms with Crippen molar-refractivity contribution < 1.29 is 23.8 Å². The maximum atomic E-state index is 13.6. The van der Waals surface area contributed by atoms with Crippen LogP contribution in [0.5, 0.6) is 5.75 Å². The zero-order valence-electron chi connectivity index (χ0n) is 11.2. The molecule has 0 atom stereocenters. The Balaban J connectivity index is 2.25. The summed E-state index contributed by atoms with van der Waals surface area (Å²) in [6.45, 7) is 1.92. The average Bonchev–Trinajstić information content (AvgIpc) is 2.41. The fraction of sp³-hybridized carbons (Fsp3) is 0.133. The minimum absolute atomic E-state index is 0.0362. The first-order valence-corrected chi connectivity index (χ1v) is 6.13. The van der Waals surface area contributed by atoms with Crippen molar-refractivity contribution in [3.8, 4) is 5.75 Å². The predicted octanol–water partition coefficient (Wildman–Crippen LogP) is 3.29. The summed E-state index contributed by atoms with van der Waals surface area (Å²) >= 11 is 0. The van der Waals surface area contributed by atoms with Crippen molar-refractivity contribution in [3.05, 3.63) is 58.7 Å². The molecule has 0 saturated heterocycles. The molecule has 0 fully saturated rings. The smallest absolute Gasteiger partial charge is 0.338 e. The van der Waals surface area contributed by atoms with Gasteiger partial charge in [-0.2, -0.15) is 0 Å². The molecule has 0 aliphatic heterocycles. The standard InChI is InChI=1S/C15H13F2NO3/c1-8-2-3-14(19)9(4-8)7-18-13-5-10(15(20)21)11(16)6-12(13)17/h2-6,18-19H,7H2,1H3,(H,20,21). The van der Waals surface area contributed by atoms with E-state index in [0.717, 1.165) is 11.6 Å². The van der Waals surface area contributed by atoms with E-state index < -0.39 is 23.2 Å². The number of hydrogen-bond donors (Lipinski definition) is 3. The highest BCUT2D eigenvalue weighted by atomic mass is 19.1. The number of nitrogens with one attached hydrogen (secondary N) is 1. The van der Waals surface area contributed by atoms with Gasteiger partial charge in [-0.15, -0.1) is 0 Å². The molecule has 0 bridgehead atoms. The van der Waals surface area contributed by atoms with Gasteiger partial charge in [0.1, 0.15) is 17.4 Å². The molecular formula is C15H13F2NO3. The zero-order valence-corrected chi connectivity index (χ0v) is 11.2. The van der Waals surface area contributed by atoms with Crippen LogP contribution in [0.15, 0.2) is 30.3 Å². The summed E-state index contributed by atoms with van der Waals surface area (Å²) in [4.78, 5) is 10.8. The Morgan fingerprint density at radius 2 is 1.90 bits per heavy atom. The fourth-order valence-electron chi connectivity index (χ4n) is 1.89. The van der Waals surface area contributed by atoms with Gasteiger partial charge in [0.15, 0.2) is 0 Å². The van der Waals surface area contributed by atoms with Crippen LogP contribution < -0.4 is 5.32 Å². The van der Waals surface area contributed by atoms with E-state index in [1.165, 1.54) is 6.07 Å².